The number of thioether (sulfide) groups is 1. The number of amides is 1. The summed E-state index contributed by atoms with van der Waals surface area (Å²) in [7, 11) is 1.84. The van der Waals surface area contributed by atoms with Gasteiger partial charge in [-0.05, 0) is 38.2 Å². The summed E-state index contributed by atoms with van der Waals surface area (Å²) in [6.45, 7) is 2.06. The van der Waals surface area contributed by atoms with Crippen molar-refractivity contribution in [3.63, 3.8) is 0 Å². The fourth-order valence-electron chi connectivity index (χ4n) is 2.37. The number of hydrogen-bond acceptors (Lipinski definition) is 3. The van der Waals surface area contributed by atoms with Gasteiger partial charge in [0.25, 0.3) is 0 Å². The molecule has 0 aliphatic heterocycles. The van der Waals surface area contributed by atoms with Gasteiger partial charge in [0.05, 0.1) is 6.07 Å². The summed E-state index contributed by atoms with van der Waals surface area (Å²) in [5.74, 6) is 1.09. The highest BCUT2D eigenvalue weighted by Crippen LogP contribution is 2.39. The van der Waals surface area contributed by atoms with E-state index in [1.54, 1.807) is 16.7 Å². The number of nitrogens with zero attached hydrogens (tertiary/aromatic N) is 2. The van der Waals surface area contributed by atoms with E-state index in [1.807, 2.05) is 7.05 Å². The zero-order chi connectivity index (χ0) is 12.9. The van der Waals surface area contributed by atoms with Crippen molar-refractivity contribution in [1.82, 2.24) is 4.90 Å². The fourth-order valence-corrected chi connectivity index (χ4v) is 2.95. The average molecular weight is 254 g/mol. The maximum Gasteiger partial charge on any atom is 0.243 e. The van der Waals surface area contributed by atoms with Gasteiger partial charge in [-0.1, -0.05) is 12.8 Å². The van der Waals surface area contributed by atoms with Gasteiger partial charge in [0.2, 0.25) is 5.91 Å². The second kappa shape index (κ2) is 6.30. The van der Waals surface area contributed by atoms with Crippen LogP contribution in [0, 0.1) is 16.7 Å². The highest BCUT2D eigenvalue weighted by Gasteiger charge is 2.43. The summed E-state index contributed by atoms with van der Waals surface area (Å²) in [4.78, 5) is 14.2. The van der Waals surface area contributed by atoms with Crippen LogP contribution in [0.4, 0.5) is 0 Å². The molecule has 4 heteroatoms. The maximum atomic E-state index is 12.4. The van der Waals surface area contributed by atoms with E-state index in [0.29, 0.717) is 0 Å². The molecule has 0 bridgehead atoms. The van der Waals surface area contributed by atoms with Gasteiger partial charge in [0.15, 0.2) is 0 Å². The lowest BCUT2D eigenvalue weighted by atomic mass is 9.86. The Labute approximate surface area is 109 Å². The van der Waals surface area contributed by atoms with Gasteiger partial charge in [-0.3, -0.25) is 4.79 Å². The van der Waals surface area contributed by atoms with Crippen molar-refractivity contribution in [3.8, 4) is 6.07 Å². The summed E-state index contributed by atoms with van der Waals surface area (Å²) < 4.78 is 0. The van der Waals surface area contributed by atoms with E-state index in [-0.39, 0.29) is 11.9 Å². The van der Waals surface area contributed by atoms with Crippen LogP contribution in [-0.4, -0.2) is 35.9 Å². The molecular formula is C13H22N2OS. The van der Waals surface area contributed by atoms with Crippen LogP contribution in [0.1, 0.15) is 39.0 Å². The molecule has 1 unspecified atom stereocenters. The van der Waals surface area contributed by atoms with E-state index in [9.17, 15) is 10.1 Å². The first-order chi connectivity index (χ1) is 8.07. The molecule has 1 atom stereocenters. The Morgan fingerprint density at radius 3 is 2.59 bits per heavy atom. The highest BCUT2D eigenvalue weighted by atomic mass is 32.2. The molecule has 1 amide bonds. The molecule has 0 aromatic rings. The number of hydrogen-bond donors (Lipinski definition) is 0. The van der Waals surface area contributed by atoms with Crippen LogP contribution in [0.15, 0.2) is 0 Å². The summed E-state index contributed by atoms with van der Waals surface area (Å²) in [5.41, 5.74) is -0.720. The molecule has 0 aromatic carbocycles. The minimum absolute atomic E-state index is 0.0334. The first-order valence-corrected chi connectivity index (χ1v) is 7.64. The topological polar surface area (TPSA) is 44.1 Å². The summed E-state index contributed by atoms with van der Waals surface area (Å²) in [6, 6.07) is 2.50. The molecule has 17 heavy (non-hydrogen) atoms. The van der Waals surface area contributed by atoms with E-state index in [0.717, 1.165) is 37.9 Å². The molecule has 1 aliphatic carbocycles. The third-order valence-corrected chi connectivity index (χ3v) is 4.45. The van der Waals surface area contributed by atoms with Crippen molar-refractivity contribution in [2.24, 2.45) is 5.41 Å². The van der Waals surface area contributed by atoms with Crippen LogP contribution >= 0.6 is 11.8 Å². The van der Waals surface area contributed by atoms with Crippen LogP contribution in [0.3, 0.4) is 0 Å². The van der Waals surface area contributed by atoms with Crippen molar-refractivity contribution >= 4 is 17.7 Å². The Hall–Kier alpha value is -0.690. The second-order valence-electron chi connectivity index (χ2n) is 4.95. The maximum absolute atomic E-state index is 12.4. The van der Waals surface area contributed by atoms with Crippen LogP contribution < -0.4 is 0 Å². The van der Waals surface area contributed by atoms with Gasteiger partial charge in [0.1, 0.15) is 5.41 Å². The largest absolute Gasteiger partial charge is 0.342 e. The zero-order valence-corrected chi connectivity index (χ0v) is 11.8. The van der Waals surface area contributed by atoms with E-state index in [1.165, 1.54) is 0 Å². The molecule has 1 rings (SSSR count). The summed E-state index contributed by atoms with van der Waals surface area (Å²) in [5, 5.41) is 9.29. The molecule has 96 valence electrons. The zero-order valence-electron chi connectivity index (χ0n) is 11.0. The minimum atomic E-state index is -0.720. The van der Waals surface area contributed by atoms with Gasteiger partial charge in [-0.25, -0.2) is 0 Å². The molecule has 1 aliphatic rings. The predicted octanol–water partition coefficient (Wildman–Crippen LogP) is 2.67. The quantitative estimate of drug-likeness (QED) is 0.757. The minimum Gasteiger partial charge on any atom is -0.342 e. The Morgan fingerprint density at radius 1 is 1.53 bits per heavy atom. The molecule has 3 nitrogen and oxygen atoms in total. The third-order valence-electron chi connectivity index (χ3n) is 3.80. The fraction of sp³-hybridized carbons (Fsp3) is 0.846. The van der Waals surface area contributed by atoms with E-state index >= 15 is 0 Å². The van der Waals surface area contributed by atoms with Gasteiger partial charge < -0.3 is 4.90 Å². The number of carbonyl (C=O) groups is 1. The Kier molecular flexibility index (Phi) is 5.32. The third kappa shape index (κ3) is 3.16. The first kappa shape index (κ1) is 14.4. The van der Waals surface area contributed by atoms with Gasteiger partial charge in [0, 0.05) is 13.1 Å². The Morgan fingerprint density at radius 2 is 2.12 bits per heavy atom. The molecule has 1 fully saturated rings. The lowest BCUT2D eigenvalue weighted by molar-refractivity contribution is -0.139. The highest BCUT2D eigenvalue weighted by molar-refractivity contribution is 7.98. The lowest BCUT2D eigenvalue weighted by Crippen LogP contribution is -2.44. The predicted molar refractivity (Wildman–Crippen MR) is 71.7 cm³/mol. The Balaban J connectivity index is 2.65. The van der Waals surface area contributed by atoms with Crippen molar-refractivity contribution in [2.45, 2.75) is 45.1 Å². The van der Waals surface area contributed by atoms with Crippen molar-refractivity contribution in [3.05, 3.63) is 0 Å². The SMILES string of the molecule is CSCCC(C)N(C)C(=O)C1(C#N)CCCC1. The van der Waals surface area contributed by atoms with Crippen LogP contribution in [0.25, 0.3) is 0 Å². The van der Waals surface area contributed by atoms with Crippen LogP contribution in [-0.2, 0) is 4.79 Å². The Bertz CT molecular complexity index is 305. The molecule has 0 saturated heterocycles. The summed E-state index contributed by atoms with van der Waals surface area (Å²) in [6.07, 6.45) is 6.55. The first-order valence-electron chi connectivity index (χ1n) is 6.25. The average Bonchev–Trinajstić information content (AvgIpc) is 2.83. The van der Waals surface area contributed by atoms with E-state index in [4.69, 9.17) is 0 Å². The van der Waals surface area contributed by atoms with Crippen LogP contribution in [0.5, 0.6) is 0 Å². The molecule has 0 aromatic heterocycles. The number of nitriles is 1. The molecule has 0 radical (unpaired) electrons. The second-order valence-corrected chi connectivity index (χ2v) is 5.93. The van der Waals surface area contributed by atoms with Gasteiger partial charge in [-0.2, -0.15) is 17.0 Å². The van der Waals surface area contributed by atoms with Gasteiger partial charge >= 0.3 is 0 Å². The monoisotopic (exact) mass is 254 g/mol. The smallest absolute Gasteiger partial charge is 0.243 e. The van der Waals surface area contributed by atoms with Crippen molar-refractivity contribution < 1.29 is 4.79 Å². The molecule has 0 spiro atoms. The number of carbonyl (C=O) groups excluding carboxylic acids is 1. The van der Waals surface area contributed by atoms with E-state index in [2.05, 4.69) is 19.2 Å². The normalized spacial score (nSPS) is 19.6. The molecule has 0 heterocycles. The summed E-state index contributed by atoms with van der Waals surface area (Å²) >= 11 is 1.79. The lowest BCUT2D eigenvalue weighted by Gasteiger charge is -2.31. The standard InChI is InChI=1S/C13H22N2OS/c1-11(6-9-17-3)15(2)12(16)13(10-14)7-4-5-8-13/h11H,4-9H2,1-3H3. The molecule has 0 N–H and O–H groups in total. The van der Waals surface area contributed by atoms with E-state index < -0.39 is 5.41 Å². The van der Waals surface area contributed by atoms with Crippen molar-refractivity contribution in [2.75, 3.05) is 19.1 Å². The van der Waals surface area contributed by atoms with Crippen molar-refractivity contribution in [1.29, 1.82) is 5.26 Å². The van der Waals surface area contributed by atoms with Gasteiger partial charge in [-0.15, -0.1) is 0 Å². The number of rotatable bonds is 5. The molecular weight excluding hydrogens is 232 g/mol. The van der Waals surface area contributed by atoms with Crippen LogP contribution in [0.2, 0.25) is 0 Å². The molecule has 1 saturated carbocycles.